The maximum atomic E-state index is 10.7. The Morgan fingerprint density at radius 3 is 2.68 bits per heavy atom. The van der Waals surface area contributed by atoms with Gasteiger partial charge in [-0.1, -0.05) is 54.6 Å². The molecule has 0 aromatic heterocycles. The molecule has 1 aliphatic carbocycles. The van der Waals surface area contributed by atoms with Crippen molar-refractivity contribution in [2.45, 2.75) is 32.1 Å². The molecule has 0 unspecified atom stereocenters. The lowest BCUT2D eigenvalue weighted by molar-refractivity contribution is 0.0372. The number of fused-ring (bicyclic) bond motifs is 1. The Bertz CT molecular complexity index is 1100. The van der Waals surface area contributed by atoms with Crippen molar-refractivity contribution < 1.29 is 14.6 Å². The molecule has 0 saturated carbocycles. The van der Waals surface area contributed by atoms with Crippen molar-refractivity contribution in [1.82, 2.24) is 10.2 Å². The van der Waals surface area contributed by atoms with E-state index in [1.54, 1.807) is 0 Å². The van der Waals surface area contributed by atoms with Gasteiger partial charge in [-0.15, -0.1) is 0 Å². The summed E-state index contributed by atoms with van der Waals surface area (Å²) in [7, 11) is 0. The van der Waals surface area contributed by atoms with Gasteiger partial charge in [-0.3, -0.25) is 4.90 Å². The van der Waals surface area contributed by atoms with Crippen LogP contribution in [0.25, 0.3) is 11.1 Å². The van der Waals surface area contributed by atoms with Gasteiger partial charge < -0.3 is 19.9 Å². The SMILES string of the molecule is Cc1c(COc2ccc3c(c2)C[C@@H](O)[C@H]3NCCN2CCOCC2)cccc1-c1ccccc1. The Morgan fingerprint density at radius 2 is 1.85 bits per heavy atom. The van der Waals surface area contributed by atoms with Gasteiger partial charge in [-0.25, -0.2) is 0 Å². The molecule has 2 atom stereocenters. The number of hydrogen-bond acceptors (Lipinski definition) is 5. The van der Waals surface area contributed by atoms with E-state index in [1.165, 1.54) is 33.4 Å². The van der Waals surface area contributed by atoms with Crippen molar-refractivity contribution >= 4 is 0 Å². The molecule has 5 nitrogen and oxygen atoms in total. The minimum atomic E-state index is -0.403. The fourth-order valence-corrected chi connectivity index (χ4v) is 5.08. The highest BCUT2D eigenvalue weighted by atomic mass is 16.5. The molecule has 0 spiro atoms. The average Bonchev–Trinajstić information content (AvgIpc) is 3.19. The Balaban J connectivity index is 1.21. The van der Waals surface area contributed by atoms with E-state index in [2.05, 4.69) is 71.7 Å². The van der Waals surface area contributed by atoms with Crippen LogP contribution in [-0.4, -0.2) is 55.5 Å². The molecule has 3 aromatic carbocycles. The smallest absolute Gasteiger partial charge is 0.120 e. The van der Waals surface area contributed by atoms with Crippen molar-refractivity contribution in [3.05, 3.63) is 89.0 Å². The highest BCUT2D eigenvalue weighted by Crippen LogP contribution is 2.34. The second-order valence-corrected chi connectivity index (χ2v) is 9.26. The highest BCUT2D eigenvalue weighted by Gasteiger charge is 2.31. The largest absolute Gasteiger partial charge is 0.489 e. The number of ether oxygens (including phenoxy) is 2. The van der Waals surface area contributed by atoms with Crippen LogP contribution >= 0.6 is 0 Å². The molecule has 0 radical (unpaired) electrons. The topological polar surface area (TPSA) is 54.0 Å². The van der Waals surface area contributed by atoms with Crippen LogP contribution in [0.1, 0.15) is 28.3 Å². The molecular weight excluding hydrogens is 424 g/mol. The third-order valence-corrected chi connectivity index (χ3v) is 7.08. The van der Waals surface area contributed by atoms with Gasteiger partial charge in [0.25, 0.3) is 0 Å². The maximum Gasteiger partial charge on any atom is 0.120 e. The van der Waals surface area contributed by atoms with E-state index in [1.807, 2.05) is 12.1 Å². The minimum Gasteiger partial charge on any atom is -0.489 e. The van der Waals surface area contributed by atoms with E-state index >= 15 is 0 Å². The molecule has 5 heteroatoms. The fourth-order valence-electron chi connectivity index (χ4n) is 5.08. The molecule has 3 aromatic rings. The molecule has 1 heterocycles. The second-order valence-electron chi connectivity index (χ2n) is 9.26. The van der Waals surface area contributed by atoms with Crippen molar-refractivity contribution in [2.24, 2.45) is 0 Å². The van der Waals surface area contributed by atoms with Crippen LogP contribution in [0.4, 0.5) is 0 Å². The summed E-state index contributed by atoms with van der Waals surface area (Å²) in [5, 5.41) is 14.3. The summed E-state index contributed by atoms with van der Waals surface area (Å²) in [6.45, 7) is 8.12. The van der Waals surface area contributed by atoms with Crippen molar-refractivity contribution in [1.29, 1.82) is 0 Å². The normalized spacial score (nSPS) is 20.3. The number of hydrogen-bond donors (Lipinski definition) is 2. The van der Waals surface area contributed by atoms with Gasteiger partial charge in [0.05, 0.1) is 25.4 Å². The van der Waals surface area contributed by atoms with Gasteiger partial charge >= 0.3 is 0 Å². The van der Waals surface area contributed by atoms with E-state index in [-0.39, 0.29) is 6.04 Å². The quantitative estimate of drug-likeness (QED) is 0.532. The molecule has 34 heavy (non-hydrogen) atoms. The lowest BCUT2D eigenvalue weighted by Gasteiger charge is -2.27. The number of benzene rings is 3. The fraction of sp³-hybridized carbons (Fsp3) is 0.379. The maximum absolute atomic E-state index is 10.7. The molecule has 178 valence electrons. The van der Waals surface area contributed by atoms with Gasteiger partial charge in [-0.2, -0.15) is 0 Å². The lowest BCUT2D eigenvalue weighted by Crippen LogP contribution is -2.41. The third-order valence-electron chi connectivity index (χ3n) is 7.08. The molecule has 1 saturated heterocycles. The highest BCUT2D eigenvalue weighted by molar-refractivity contribution is 5.68. The van der Waals surface area contributed by atoms with Gasteiger partial charge in [0.2, 0.25) is 0 Å². The minimum absolute atomic E-state index is 0.0186. The number of aliphatic hydroxyl groups excluding tert-OH is 1. The molecule has 5 rings (SSSR count). The molecule has 2 aliphatic rings. The average molecular weight is 459 g/mol. The Morgan fingerprint density at radius 1 is 1.03 bits per heavy atom. The molecule has 2 N–H and O–H groups in total. The summed E-state index contributed by atoms with van der Waals surface area (Å²) < 4.78 is 11.6. The summed E-state index contributed by atoms with van der Waals surface area (Å²) in [6.07, 6.45) is 0.254. The van der Waals surface area contributed by atoms with Gasteiger partial charge in [0.1, 0.15) is 12.4 Å². The van der Waals surface area contributed by atoms with E-state index in [0.29, 0.717) is 13.0 Å². The van der Waals surface area contributed by atoms with Crippen LogP contribution in [0.2, 0.25) is 0 Å². The van der Waals surface area contributed by atoms with E-state index < -0.39 is 6.10 Å². The van der Waals surface area contributed by atoms with Crippen LogP contribution in [-0.2, 0) is 17.8 Å². The zero-order valence-electron chi connectivity index (χ0n) is 19.9. The standard InChI is InChI=1S/C29H34N2O3/c1-21-23(8-5-9-26(21)22-6-3-2-4-7-22)20-34-25-10-11-27-24(18-25)19-28(32)29(27)30-12-13-31-14-16-33-17-15-31/h2-11,18,28-30,32H,12-17,19-20H2,1H3/t28-,29+/m1/s1. The Labute approximate surface area is 202 Å². The zero-order valence-corrected chi connectivity index (χ0v) is 19.9. The van der Waals surface area contributed by atoms with Crippen molar-refractivity contribution in [3.63, 3.8) is 0 Å². The van der Waals surface area contributed by atoms with Crippen LogP contribution < -0.4 is 10.1 Å². The van der Waals surface area contributed by atoms with E-state index in [0.717, 1.165) is 45.1 Å². The zero-order chi connectivity index (χ0) is 23.3. The van der Waals surface area contributed by atoms with Crippen molar-refractivity contribution in [3.8, 4) is 16.9 Å². The van der Waals surface area contributed by atoms with Gasteiger partial charge in [0.15, 0.2) is 0 Å². The molecule has 0 bridgehead atoms. The molecular formula is C29H34N2O3. The first-order valence-corrected chi connectivity index (χ1v) is 12.3. The molecule has 0 amide bonds. The summed E-state index contributed by atoms with van der Waals surface area (Å²) >= 11 is 0. The van der Waals surface area contributed by atoms with E-state index in [4.69, 9.17) is 9.47 Å². The first-order chi connectivity index (χ1) is 16.7. The summed E-state index contributed by atoms with van der Waals surface area (Å²) in [5.41, 5.74) is 7.25. The monoisotopic (exact) mass is 458 g/mol. The van der Waals surface area contributed by atoms with Gasteiger partial charge in [0, 0.05) is 32.6 Å². The predicted octanol–water partition coefficient (Wildman–Crippen LogP) is 4.12. The summed E-state index contributed by atoms with van der Waals surface area (Å²) in [6, 6.07) is 23.1. The first kappa shape index (κ1) is 23.1. The number of nitrogens with zero attached hydrogens (tertiary/aromatic N) is 1. The number of morpholine rings is 1. The molecule has 1 aliphatic heterocycles. The third kappa shape index (κ3) is 5.18. The molecule has 1 fully saturated rings. The van der Waals surface area contributed by atoms with Gasteiger partial charge in [-0.05, 0) is 52.4 Å². The first-order valence-electron chi connectivity index (χ1n) is 12.3. The lowest BCUT2D eigenvalue weighted by atomic mass is 9.97. The van der Waals surface area contributed by atoms with Crippen LogP contribution in [0.5, 0.6) is 5.75 Å². The Kier molecular flexibility index (Phi) is 7.26. The number of aliphatic hydroxyl groups is 1. The number of nitrogens with one attached hydrogen (secondary N) is 1. The van der Waals surface area contributed by atoms with Crippen LogP contribution in [0.15, 0.2) is 66.7 Å². The van der Waals surface area contributed by atoms with Crippen LogP contribution in [0.3, 0.4) is 0 Å². The Hall–Kier alpha value is -2.70. The van der Waals surface area contributed by atoms with Crippen LogP contribution in [0, 0.1) is 6.92 Å². The summed E-state index contributed by atoms with van der Waals surface area (Å²) in [4.78, 5) is 2.41. The predicted molar refractivity (Wildman–Crippen MR) is 135 cm³/mol. The second kappa shape index (κ2) is 10.7. The summed E-state index contributed by atoms with van der Waals surface area (Å²) in [5.74, 6) is 0.851. The van der Waals surface area contributed by atoms with Crippen molar-refractivity contribution in [2.75, 3.05) is 39.4 Å². The van der Waals surface area contributed by atoms with E-state index in [9.17, 15) is 5.11 Å². The number of rotatable bonds is 8.